The minimum atomic E-state index is -4.52. The van der Waals surface area contributed by atoms with Gasteiger partial charge in [0.05, 0.1) is 24.2 Å². The summed E-state index contributed by atoms with van der Waals surface area (Å²) in [6.45, 7) is 2.11. The molecule has 182 valence electrons. The van der Waals surface area contributed by atoms with E-state index in [-0.39, 0.29) is 35.3 Å². The quantitative estimate of drug-likeness (QED) is 0.559. The van der Waals surface area contributed by atoms with E-state index in [9.17, 15) is 32.7 Å². The van der Waals surface area contributed by atoms with Crippen LogP contribution in [-0.4, -0.2) is 47.2 Å². The average molecular weight is 501 g/mol. The summed E-state index contributed by atoms with van der Waals surface area (Å²) in [7, 11) is 1.31. The first-order valence-electron chi connectivity index (χ1n) is 9.82. The Hall–Kier alpha value is -3.47. The van der Waals surface area contributed by atoms with Crippen molar-refractivity contribution in [2.45, 2.75) is 32.2 Å². The molecule has 12 heteroatoms. The zero-order chi connectivity index (χ0) is 25.4. The predicted molar refractivity (Wildman–Crippen MR) is 115 cm³/mol. The Kier molecular flexibility index (Phi) is 6.70. The number of alkyl halides is 3. The van der Waals surface area contributed by atoms with Crippen LogP contribution in [0.1, 0.15) is 25.0 Å². The van der Waals surface area contributed by atoms with Gasteiger partial charge in [-0.1, -0.05) is 11.6 Å². The number of halogens is 4. The molecule has 1 heterocycles. The fraction of sp³-hybridized carbons (Fsp3) is 0.318. The number of nitrogens with zero attached hydrogens (tertiary/aromatic N) is 2. The molecule has 1 N–H and O–H groups in total. The second-order valence-corrected chi connectivity index (χ2v) is 8.33. The lowest BCUT2D eigenvalue weighted by Crippen LogP contribution is -2.38. The monoisotopic (exact) mass is 500 g/mol. The molecule has 1 aliphatic rings. The first-order valence-corrected chi connectivity index (χ1v) is 10.2. The number of benzene rings is 2. The Morgan fingerprint density at radius 2 is 1.76 bits per heavy atom. The van der Waals surface area contributed by atoms with Gasteiger partial charge in [-0.25, -0.2) is 9.59 Å². The highest BCUT2D eigenvalue weighted by atomic mass is 35.5. The van der Waals surface area contributed by atoms with E-state index in [2.05, 4.69) is 0 Å². The molecule has 2 aromatic carbocycles. The van der Waals surface area contributed by atoms with Crippen molar-refractivity contribution < 1.29 is 42.1 Å². The van der Waals surface area contributed by atoms with E-state index in [1.165, 1.54) is 33.1 Å². The van der Waals surface area contributed by atoms with Crippen molar-refractivity contribution in [1.82, 2.24) is 4.90 Å². The number of urea groups is 1. The molecule has 3 amide bonds. The van der Waals surface area contributed by atoms with Crippen LogP contribution in [-0.2, 0) is 22.3 Å². The highest BCUT2D eigenvalue weighted by Crippen LogP contribution is 2.39. The molecule has 0 unspecified atom stereocenters. The van der Waals surface area contributed by atoms with E-state index in [4.69, 9.17) is 21.1 Å². The van der Waals surface area contributed by atoms with Crippen molar-refractivity contribution in [1.29, 1.82) is 0 Å². The van der Waals surface area contributed by atoms with Crippen molar-refractivity contribution in [2.75, 3.05) is 18.6 Å². The number of carbonyl (C=O) groups is 3. The van der Waals surface area contributed by atoms with Crippen molar-refractivity contribution in [2.24, 2.45) is 0 Å². The van der Waals surface area contributed by atoms with Gasteiger partial charge in [-0.15, -0.1) is 0 Å². The van der Waals surface area contributed by atoms with Gasteiger partial charge in [0.2, 0.25) is 0 Å². The molecule has 0 bridgehead atoms. The average Bonchev–Trinajstić information content (AvgIpc) is 3.03. The molecule has 0 saturated carbocycles. The van der Waals surface area contributed by atoms with Crippen LogP contribution in [0.3, 0.4) is 0 Å². The summed E-state index contributed by atoms with van der Waals surface area (Å²) in [5.41, 5.74) is -1.95. The normalized spacial score (nSPS) is 14.6. The van der Waals surface area contributed by atoms with E-state index in [1.807, 2.05) is 0 Å². The van der Waals surface area contributed by atoms with Crippen LogP contribution in [0.15, 0.2) is 36.4 Å². The molecule has 8 nitrogen and oxygen atoms in total. The van der Waals surface area contributed by atoms with Gasteiger partial charge in [0.1, 0.15) is 6.54 Å². The molecule has 3 rings (SSSR count). The summed E-state index contributed by atoms with van der Waals surface area (Å²) in [5, 5.41) is 9.28. The van der Waals surface area contributed by atoms with Gasteiger partial charge in [-0.2, -0.15) is 13.2 Å². The Labute approximate surface area is 197 Å². The van der Waals surface area contributed by atoms with Crippen LogP contribution in [0.4, 0.5) is 23.7 Å². The second-order valence-electron chi connectivity index (χ2n) is 7.92. The number of hydrogen-bond acceptors (Lipinski definition) is 5. The highest BCUT2D eigenvalue weighted by molar-refractivity contribution is 6.32. The highest BCUT2D eigenvalue weighted by Gasteiger charge is 2.38. The van der Waals surface area contributed by atoms with Crippen LogP contribution in [0.5, 0.6) is 11.5 Å². The van der Waals surface area contributed by atoms with E-state index >= 15 is 0 Å². The molecular weight excluding hydrogens is 481 g/mol. The maximum Gasteiger partial charge on any atom is 0.416 e. The second kappa shape index (κ2) is 9.05. The lowest BCUT2D eigenvalue weighted by molar-refractivity contribution is -0.152. The summed E-state index contributed by atoms with van der Waals surface area (Å²) >= 11 is 6.27. The third-order valence-corrected chi connectivity index (χ3v) is 5.35. The minimum Gasteiger partial charge on any atom is -0.493 e. The summed E-state index contributed by atoms with van der Waals surface area (Å²) in [5.74, 6) is -1.72. The number of hydrogen-bond donors (Lipinski definition) is 1. The molecule has 34 heavy (non-hydrogen) atoms. The third-order valence-electron chi connectivity index (χ3n) is 5.06. The molecule has 1 aliphatic heterocycles. The first-order chi connectivity index (χ1) is 15.7. The number of methoxy groups -OCH3 is 1. The van der Waals surface area contributed by atoms with Crippen molar-refractivity contribution in [3.05, 3.63) is 52.5 Å². The van der Waals surface area contributed by atoms with Crippen LogP contribution >= 0.6 is 11.6 Å². The lowest BCUT2D eigenvalue weighted by Gasteiger charge is -2.24. The summed E-state index contributed by atoms with van der Waals surface area (Å²) in [4.78, 5) is 38.7. The Morgan fingerprint density at radius 3 is 2.29 bits per heavy atom. The maximum absolute atomic E-state index is 12.8. The van der Waals surface area contributed by atoms with E-state index in [0.717, 1.165) is 34.1 Å². The van der Waals surface area contributed by atoms with Gasteiger partial charge in [-0.3, -0.25) is 14.6 Å². The molecule has 0 atom stereocenters. The standard InChI is InChI=1S/C22H20ClF3N2O6/c1-21(2,19(30)31)34-18-15(23)8-12(9-16(18)33-3)10-28-17(29)11-27(20(28)32)14-6-4-13(5-7-14)22(24,25)26/h4-9H,10-11H2,1-3H3,(H,30,31). The number of amides is 3. The predicted octanol–water partition coefficient (Wildman–Crippen LogP) is 4.58. The smallest absolute Gasteiger partial charge is 0.416 e. The number of ether oxygens (including phenoxy) is 2. The molecule has 0 aromatic heterocycles. The van der Waals surface area contributed by atoms with Crippen molar-refractivity contribution >= 4 is 35.2 Å². The van der Waals surface area contributed by atoms with Crippen LogP contribution in [0.2, 0.25) is 5.02 Å². The summed E-state index contributed by atoms with van der Waals surface area (Å²) in [6, 6.07) is 6.03. The Balaban J connectivity index is 1.83. The number of imide groups is 1. The Morgan fingerprint density at radius 1 is 1.15 bits per heavy atom. The zero-order valence-corrected chi connectivity index (χ0v) is 19.0. The number of aliphatic carboxylic acids is 1. The topological polar surface area (TPSA) is 96.4 Å². The van der Waals surface area contributed by atoms with E-state index < -0.39 is 35.2 Å². The molecular formula is C22H20ClF3N2O6. The molecule has 1 saturated heterocycles. The number of anilines is 1. The van der Waals surface area contributed by atoms with Crippen LogP contribution < -0.4 is 14.4 Å². The maximum atomic E-state index is 12.8. The molecule has 0 aliphatic carbocycles. The zero-order valence-electron chi connectivity index (χ0n) is 18.3. The number of carboxylic acids is 1. The number of carbonyl (C=O) groups excluding carboxylic acids is 2. The fourth-order valence-electron chi connectivity index (χ4n) is 3.17. The van der Waals surface area contributed by atoms with Gasteiger partial charge >= 0.3 is 18.2 Å². The van der Waals surface area contributed by atoms with Gasteiger partial charge < -0.3 is 14.6 Å². The number of carboxylic acid groups (broad SMARTS) is 1. The largest absolute Gasteiger partial charge is 0.493 e. The summed E-state index contributed by atoms with van der Waals surface area (Å²) < 4.78 is 49.1. The van der Waals surface area contributed by atoms with Crippen LogP contribution in [0, 0.1) is 0 Å². The van der Waals surface area contributed by atoms with Gasteiger partial charge in [-0.05, 0) is 55.8 Å². The molecule has 2 aromatic rings. The summed E-state index contributed by atoms with van der Waals surface area (Å²) in [6.07, 6.45) is -4.52. The van der Waals surface area contributed by atoms with Crippen molar-refractivity contribution in [3.8, 4) is 11.5 Å². The van der Waals surface area contributed by atoms with Gasteiger partial charge in [0, 0.05) is 5.69 Å². The molecule has 0 spiro atoms. The van der Waals surface area contributed by atoms with Gasteiger partial charge in [0.25, 0.3) is 5.91 Å². The van der Waals surface area contributed by atoms with Gasteiger partial charge in [0.15, 0.2) is 17.1 Å². The Bertz CT molecular complexity index is 1130. The van der Waals surface area contributed by atoms with Crippen LogP contribution in [0.25, 0.3) is 0 Å². The lowest BCUT2D eigenvalue weighted by atomic mass is 10.1. The SMILES string of the molecule is COc1cc(CN2C(=O)CN(c3ccc(C(F)(F)F)cc3)C2=O)cc(Cl)c1OC(C)(C)C(=O)O. The number of rotatable bonds is 7. The minimum absolute atomic E-state index is 0.00219. The van der Waals surface area contributed by atoms with E-state index in [0.29, 0.717) is 5.56 Å². The van der Waals surface area contributed by atoms with E-state index in [1.54, 1.807) is 0 Å². The first kappa shape index (κ1) is 25.2. The molecule has 0 radical (unpaired) electrons. The molecule has 1 fully saturated rings. The third kappa shape index (κ3) is 5.04. The fourth-order valence-corrected chi connectivity index (χ4v) is 3.45. The van der Waals surface area contributed by atoms with Crippen molar-refractivity contribution in [3.63, 3.8) is 0 Å².